The van der Waals surface area contributed by atoms with E-state index in [0.29, 0.717) is 28.6 Å². The van der Waals surface area contributed by atoms with E-state index in [-0.39, 0.29) is 5.69 Å². The van der Waals surface area contributed by atoms with Gasteiger partial charge in [-0.05, 0) is 43.5 Å². The van der Waals surface area contributed by atoms with Crippen molar-refractivity contribution in [3.63, 3.8) is 0 Å². The zero-order chi connectivity index (χ0) is 19.7. The lowest BCUT2D eigenvalue weighted by atomic mass is 10.0. The molecule has 2 heterocycles. The van der Waals surface area contributed by atoms with Crippen LogP contribution >= 0.6 is 0 Å². The van der Waals surface area contributed by atoms with Gasteiger partial charge in [-0.2, -0.15) is 5.10 Å². The van der Waals surface area contributed by atoms with E-state index in [1.807, 2.05) is 18.2 Å². The Morgan fingerprint density at radius 3 is 2.46 bits per heavy atom. The Balaban J connectivity index is 1.99. The highest BCUT2D eigenvalue weighted by atomic mass is 19.1. The number of ether oxygens (including phenoxy) is 2. The van der Waals surface area contributed by atoms with E-state index in [2.05, 4.69) is 5.32 Å². The molecule has 146 valence electrons. The van der Waals surface area contributed by atoms with Crippen LogP contribution in [0.4, 0.5) is 14.6 Å². The molecule has 1 aromatic heterocycles. The number of hydrogen-bond donors (Lipinski definition) is 1. The van der Waals surface area contributed by atoms with Crippen molar-refractivity contribution in [1.82, 2.24) is 9.78 Å². The fourth-order valence-corrected chi connectivity index (χ4v) is 3.62. The molecule has 0 unspecified atom stereocenters. The third-order valence-electron chi connectivity index (χ3n) is 4.93. The van der Waals surface area contributed by atoms with Crippen molar-refractivity contribution in [2.75, 3.05) is 26.1 Å². The molecule has 4 rings (SSSR count). The molecule has 3 aromatic rings. The van der Waals surface area contributed by atoms with E-state index in [1.54, 1.807) is 14.2 Å². The Kier molecular flexibility index (Phi) is 4.90. The Morgan fingerprint density at radius 2 is 1.79 bits per heavy atom. The van der Waals surface area contributed by atoms with E-state index < -0.39 is 11.6 Å². The molecule has 7 heteroatoms. The highest BCUT2D eigenvalue weighted by Crippen LogP contribution is 2.43. The van der Waals surface area contributed by atoms with Gasteiger partial charge >= 0.3 is 0 Å². The monoisotopic (exact) mass is 385 g/mol. The molecule has 0 saturated carbocycles. The van der Waals surface area contributed by atoms with Gasteiger partial charge in [0.05, 0.1) is 19.8 Å². The predicted molar refractivity (Wildman–Crippen MR) is 103 cm³/mol. The zero-order valence-corrected chi connectivity index (χ0v) is 15.8. The molecule has 0 radical (unpaired) electrons. The van der Waals surface area contributed by atoms with Crippen LogP contribution in [0.2, 0.25) is 0 Å². The van der Waals surface area contributed by atoms with Gasteiger partial charge in [0.2, 0.25) is 0 Å². The van der Waals surface area contributed by atoms with Gasteiger partial charge in [0, 0.05) is 18.2 Å². The van der Waals surface area contributed by atoms with Gasteiger partial charge in [0.1, 0.15) is 34.5 Å². The lowest BCUT2D eigenvalue weighted by molar-refractivity contribution is 0.397. The summed E-state index contributed by atoms with van der Waals surface area (Å²) in [6, 6.07) is 9.01. The molecule has 0 saturated heterocycles. The molecule has 28 heavy (non-hydrogen) atoms. The molecule has 1 N–H and O–H groups in total. The zero-order valence-electron chi connectivity index (χ0n) is 15.8. The number of halogens is 2. The summed E-state index contributed by atoms with van der Waals surface area (Å²) < 4.78 is 40.6. The normalized spacial score (nSPS) is 13.4. The van der Waals surface area contributed by atoms with E-state index in [4.69, 9.17) is 14.6 Å². The molecule has 5 nitrogen and oxygen atoms in total. The van der Waals surface area contributed by atoms with Gasteiger partial charge < -0.3 is 14.8 Å². The molecule has 0 fully saturated rings. The van der Waals surface area contributed by atoms with Gasteiger partial charge in [-0.1, -0.05) is 6.07 Å². The summed E-state index contributed by atoms with van der Waals surface area (Å²) in [4.78, 5) is 0. The van der Waals surface area contributed by atoms with Crippen LogP contribution in [0.25, 0.3) is 16.9 Å². The molecule has 1 aliphatic rings. The number of fused-ring (bicyclic) bond motifs is 1. The molecule has 0 bridgehead atoms. The lowest BCUT2D eigenvalue weighted by Gasteiger charge is -2.12. The number of hydrogen-bond acceptors (Lipinski definition) is 4. The van der Waals surface area contributed by atoms with E-state index in [9.17, 15) is 8.78 Å². The van der Waals surface area contributed by atoms with Crippen LogP contribution in [0.15, 0.2) is 36.4 Å². The number of nitrogens with zero attached hydrogens (tertiary/aromatic N) is 2. The van der Waals surface area contributed by atoms with Crippen LogP contribution < -0.4 is 14.8 Å². The second kappa shape index (κ2) is 7.50. The highest BCUT2D eigenvalue weighted by Gasteiger charge is 2.26. The van der Waals surface area contributed by atoms with Crippen molar-refractivity contribution < 1.29 is 18.3 Å². The van der Waals surface area contributed by atoms with Crippen LogP contribution in [0.1, 0.15) is 18.4 Å². The van der Waals surface area contributed by atoms with E-state index in [1.165, 1.54) is 16.8 Å². The van der Waals surface area contributed by atoms with Gasteiger partial charge in [-0.15, -0.1) is 0 Å². The summed E-state index contributed by atoms with van der Waals surface area (Å²) in [7, 11) is 3.18. The SMILES string of the molecule is COc1cccc(OC)c1-c1nn(-c2ccc(F)cc2F)c2c1CCCCN2. The fourth-order valence-electron chi connectivity index (χ4n) is 3.62. The smallest absolute Gasteiger partial charge is 0.151 e. The van der Waals surface area contributed by atoms with Crippen molar-refractivity contribution in [1.29, 1.82) is 0 Å². The van der Waals surface area contributed by atoms with Crippen molar-refractivity contribution >= 4 is 5.82 Å². The molecular weight excluding hydrogens is 364 g/mol. The Labute approximate surface area is 161 Å². The number of aromatic nitrogens is 2. The van der Waals surface area contributed by atoms with Crippen molar-refractivity contribution in [3.05, 3.63) is 53.6 Å². The Bertz CT molecular complexity index is 995. The topological polar surface area (TPSA) is 48.3 Å². The largest absolute Gasteiger partial charge is 0.496 e. The molecule has 0 atom stereocenters. The summed E-state index contributed by atoms with van der Waals surface area (Å²) in [5.41, 5.74) is 2.53. The van der Waals surface area contributed by atoms with E-state index in [0.717, 1.165) is 37.4 Å². The van der Waals surface area contributed by atoms with Crippen LogP contribution in [-0.4, -0.2) is 30.5 Å². The number of nitrogens with one attached hydrogen (secondary N) is 1. The van der Waals surface area contributed by atoms with Gasteiger partial charge in [-0.3, -0.25) is 0 Å². The maximum Gasteiger partial charge on any atom is 0.151 e. The average Bonchev–Trinajstić information content (AvgIpc) is 2.88. The molecule has 1 aliphatic heterocycles. The first kappa shape index (κ1) is 18.3. The van der Waals surface area contributed by atoms with Crippen molar-refractivity contribution in [2.24, 2.45) is 0 Å². The van der Waals surface area contributed by atoms with Crippen LogP contribution in [0.5, 0.6) is 11.5 Å². The molecule has 2 aromatic carbocycles. The first-order valence-electron chi connectivity index (χ1n) is 9.16. The average molecular weight is 385 g/mol. The molecule has 0 amide bonds. The highest BCUT2D eigenvalue weighted by molar-refractivity contribution is 5.80. The second-order valence-corrected chi connectivity index (χ2v) is 6.60. The summed E-state index contributed by atoms with van der Waals surface area (Å²) >= 11 is 0. The van der Waals surface area contributed by atoms with Crippen LogP contribution in [0.3, 0.4) is 0 Å². The quantitative estimate of drug-likeness (QED) is 0.714. The maximum atomic E-state index is 14.5. The summed E-state index contributed by atoms with van der Waals surface area (Å²) in [5.74, 6) is 0.659. The third-order valence-corrected chi connectivity index (χ3v) is 4.93. The van der Waals surface area contributed by atoms with Crippen LogP contribution in [-0.2, 0) is 6.42 Å². The van der Waals surface area contributed by atoms with Crippen LogP contribution in [0, 0.1) is 11.6 Å². The predicted octanol–water partition coefficient (Wildman–Crippen LogP) is 4.58. The molecule has 0 aliphatic carbocycles. The minimum absolute atomic E-state index is 0.187. The van der Waals surface area contributed by atoms with Gasteiger partial charge in [0.25, 0.3) is 0 Å². The van der Waals surface area contributed by atoms with Gasteiger partial charge in [-0.25, -0.2) is 13.5 Å². The van der Waals surface area contributed by atoms with E-state index >= 15 is 0 Å². The summed E-state index contributed by atoms with van der Waals surface area (Å²) in [5, 5.41) is 8.07. The number of anilines is 1. The van der Waals surface area contributed by atoms with Crippen molar-refractivity contribution in [3.8, 4) is 28.4 Å². The number of benzene rings is 2. The standard InChI is InChI=1S/C21H21F2N3O2/c1-27-17-7-5-8-18(28-2)19(17)20-14-6-3-4-11-24-21(14)26(25-20)16-10-9-13(22)12-15(16)23/h5,7-10,12,24H,3-4,6,11H2,1-2H3. The maximum absolute atomic E-state index is 14.5. The summed E-state index contributed by atoms with van der Waals surface area (Å²) in [6.45, 7) is 0.754. The lowest BCUT2D eigenvalue weighted by Crippen LogP contribution is -2.08. The number of rotatable bonds is 4. The Morgan fingerprint density at radius 1 is 1.04 bits per heavy atom. The molecule has 0 spiro atoms. The second-order valence-electron chi connectivity index (χ2n) is 6.60. The number of methoxy groups -OCH3 is 2. The molecular formula is C21H21F2N3O2. The first-order valence-corrected chi connectivity index (χ1v) is 9.16. The Hall–Kier alpha value is -3.09. The first-order chi connectivity index (χ1) is 13.6. The minimum Gasteiger partial charge on any atom is -0.496 e. The minimum atomic E-state index is -0.671. The summed E-state index contributed by atoms with van der Waals surface area (Å²) in [6.07, 6.45) is 2.74. The van der Waals surface area contributed by atoms with Crippen molar-refractivity contribution in [2.45, 2.75) is 19.3 Å². The fraction of sp³-hybridized carbons (Fsp3) is 0.286. The third kappa shape index (κ3) is 3.06. The van der Waals surface area contributed by atoms with Gasteiger partial charge in [0.15, 0.2) is 5.82 Å².